The summed E-state index contributed by atoms with van der Waals surface area (Å²) in [4.78, 5) is 4.05. The Kier molecular flexibility index (Phi) is 4.57. The molecule has 3 aromatic heterocycles. The number of hydrogen-bond donors (Lipinski definition) is 0. The number of thiophene rings is 1. The quantitative estimate of drug-likeness (QED) is 0.666. The molecule has 0 amide bonds. The van der Waals surface area contributed by atoms with Crippen molar-refractivity contribution < 1.29 is 9.47 Å². The van der Waals surface area contributed by atoms with Gasteiger partial charge in [0.15, 0.2) is 16.0 Å². The zero-order chi connectivity index (χ0) is 15.4. The number of nitrogens with zero attached hydrogens (tertiary/aromatic N) is 3. The highest BCUT2D eigenvalue weighted by atomic mass is 35.5. The van der Waals surface area contributed by atoms with E-state index in [0.29, 0.717) is 16.5 Å². The molecule has 3 heterocycles. The number of hydrogen-bond acceptors (Lipinski definition) is 7. The number of pyridine rings is 1. The number of aromatic nitrogens is 3. The van der Waals surface area contributed by atoms with Crippen LogP contribution in [0.5, 0.6) is 10.8 Å². The third-order valence-corrected chi connectivity index (χ3v) is 3.63. The highest BCUT2D eigenvalue weighted by molar-refractivity contribution is 7.79. The molecule has 0 saturated heterocycles. The van der Waals surface area contributed by atoms with E-state index in [1.807, 2.05) is 17.5 Å². The lowest BCUT2D eigenvalue weighted by atomic mass is 10.2. The summed E-state index contributed by atoms with van der Waals surface area (Å²) in [6.45, 7) is 0. The van der Waals surface area contributed by atoms with Gasteiger partial charge in [0.2, 0.25) is 0 Å². The van der Waals surface area contributed by atoms with Crippen LogP contribution >= 0.6 is 35.2 Å². The second kappa shape index (κ2) is 6.78. The minimum absolute atomic E-state index is 0.0448. The molecule has 3 rings (SSSR count). The van der Waals surface area contributed by atoms with Crippen molar-refractivity contribution in [3.63, 3.8) is 0 Å². The van der Waals surface area contributed by atoms with Gasteiger partial charge in [-0.05, 0) is 29.6 Å². The SMILES string of the molecule is S=C(Oc1cccs1)Oc1cc(Cl)nnc1-c1cccnc1. The first kappa shape index (κ1) is 14.8. The first-order chi connectivity index (χ1) is 10.7. The Balaban J connectivity index is 1.86. The van der Waals surface area contributed by atoms with Crippen LogP contribution < -0.4 is 9.47 Å². The zero-order valence-corrected chi connectivity index (χ0v) is 13.4. The van der Waals surface area contributed by atoms with Gasteiger partial charge >= 0.3 is 5.24 Å². The molecule has 5 nitrogen and oxygen atoms in total. The monoisotopic (exact) mass is 349 g/mol. The molecule has 0 spiro atoms. The van der Waals surface area contributed by atoms with Gasteiger partial charge in [0, 0.05) is 36.2 Å². The van der Waals surface area contributed by atoms with Gasteiger partial charge in [-0.1, -0.05) is 11.6 Å². The van der Waals surface area contributed by atoms with E-state index < -0.39 is 0 Å². The summed E-state index contributed by atoms with van der Waals surface area (Å²) in [5, 5.41) is 10.5. The lowest BCUT2D eigenvalue weighted by Crippen LogP contribution is -2.13. The third-order valence-electron chi connectivity index (χ3n) is 2.54. The number of halogens is 1. The highest BCUT2D eigenvalue weighted by Gasteiger charge is 2.14. The van der Waals surface area contributed by atoms with Crippen LogP contribution in [-0.2, 0) is 0 Å². The van der Waals surface area contributed by atoms with Crippen molar-refractivity contribution in [2.24, 2.45) is 0 Å². The summed E-state index contributed by atoms with van der Waals surface area (Å²) in [6, 6.07) is 8.80. The summed E-state index contributed by atoms with van der Waals surface area (Å²) in [7, 11) is 0. The molecule has 0 saturated carbocycles. The first-order valence-electron chi connectivity index (χ1n) is 6.09. The van der Waals surface area contributed by atoms with Crippen LogP contribution in [0, 0.1) is 0 Å². The molecular formula is C14H8ClN3O2S2. The molecular weight excluding hydrogens is 342 g/mol. The Bertz CT molecular complexity index is 782. The largest absolute Gasteiger partial charge is 0.415 e. The van der Waals surface area contributed by atoms with Gasteiger partial charge in [-0.2, -0.15) is 0 Å². The van der Waals surface area contributed by atoms with E-state index in [1.54, 1.807) is 24.5 Å². The van der Waals surface area contributed by atoms with Gasteiger partial charge in [-0.3, -0.25) is 4.98 Å². The summed E-state index contributed by atoms with van der Waals surface area (Å²) in [5.41, 5.74) is 1.22. The van der Waals surface area contributed by atoms with Crippen LogP contribution in [0.2, 0.25) is 5.15 Å². The Morgan fingerprint density at radius 3 is 2.82 bits per heavy atom. The fraction of sp³-hybridized carbons (Fsp3) is 0. The summed E-state index contributed by atoms with van der Waals surface area (Å²) in [6.07, 6.45) is 3.31. The maximum atomic E-state index is 5.88. The van der Waals surface area contributed by atoms with Gasteiger partial charge in [-0.15, -0.1) is 21.5 Å². The molecule has 0 radical (unpaired) electrons. The number of rotatable bonds is 3. The van der Waals surface area contributed by atoms with Crippen molar-refractivity contribution in [2.75, 3.05) is 0 Å². The molecule has 0 aromatic carbocycles. The average molecular weight is 350 g/mol. The average Bonchev–Trinajstić information content (AvgIpc) is 3.01. The van der Waals surface area contributed by atoms with Gasteiger partial charge in [0.1, 0.15) is 5.69 Å². The van der Waals surface area contributed by atoms with E-state index in [2.05, 4.69) is 15.2 Å². The van der Waals surface area contributed by atoms with Crippen LogP contribution in [0.15, 0.2) is 48.1 Å². The van der Waals surface area contributed by atoms with E-state index in [-0.39, 0.29) is 10.4 Å². The van der Waals surface area contributed by atoms with Gasteiger partial charge in [-0.25, -0.2) is 0 Å². The second-order valence-corrected chi connectivity index (χ2v) is 5.64. The molecule has 3 aromatic rings. The normalized spacial score (nSPS) is 10.2. The van der Waals surface area contributed by atoms with Crippen LogP contribution in [0.1, 0.15) is 0 Å². The molecule has 0 bridgehead atoms. The van der Waals surface area contributed by atoms with Crippen molar-refractivity contribution >= 4 is 40.4 Å². The number of thiocarbonyl (C=S) groups is 1. The van der Waals surface area contributed by atoms with Crippen LogP contribution in [0.25, 0.3) is 11.3 Å². The summed E-state index contributed by atoms with van der Waals surface area (Å²) >= 11 is 12.4. The van der Waals surface area contributed by atoms with Crippen molar-refractivity contribution in [3.05, 3.63) is 53.3 Å². The van der Waals surface area contributed by atoms with E-state index in [1.165, 1.54) is 17.4 Å². The Morgan fingerprint density at radius 1 is 1.18 bits per heavy atom. The Hall–Kier alpha value is -2.09. The summed E-state index contributed by atoms with van der Waals surface area (Å²) < 4.78 is 11.0. The maximum absolute atomic E-state index is 5.88. The fourth-order valence-corrected chi connectivity index (χ4v) is 2.59. The highest BCUT2D eigenvalue weighted by Crippen LogP contribution is 2.29. The molecule has 0 aliphatic carbocycles. The topological polar surface area (TPSA) is 57.1 Å². The standard InChI is InChI=1S/C14H8ClN3O2S2/c15-11-7-10(19-14(21)20-12-4-2-6-22-12)13(18-17-11)9-3-1-5-16-8-9/h1-8H. The van der Waals surface area contributed by atoms with Crippen molar-refractivity contribution in [1.29, 1.82) is 0 Å². The van der Waals surface area contributed by atoms with Crippen molar-refractivity contribution in [2.45, 2.75) is 0 Å². The molecule has 0 unspecified atom stereocenters. The Labute approximate surface area is 140 Å². The maximum Gasteiger partial charge on any atom is 0.364 e. The smallest absolute Gasteiger partial charge is 0.364 e. The van der Waals surface area contributed by atoms with Gasteiger partial charge in [0.25, 0.3) is 0 Å². The molecule has 22 heavy (non-hydrogen) atoms. The van der Waals surface area contributed by atoms with Crippen molar-refractivity contribution in [1.82, 2.24) is 15.2 Å². The van der Waals surface area contributed by atoms with E-state index in [0.717, 1.165) is 5.56 Å². The van der Waals surface area contributed by atoms with Gasteiger partial charge < -0.3 is 9.47 Å². The van der Waals surface area contributed by atoms with Crippen LogP contribution in [0.3, 0.4) is 0 Å². The first-order valence-corrected chi connectivity index (χ1v) is 7.76. The van der Waals surface area contributed by atoms with Crippen LogP contribution in [-0.4, -0.2) is 20.4 Å². The minimum atomic E-state index is -0.0448. The van der Waals surface area contributed by atoms with E-state index in [9.17, 15) is 0 Å². The Morgan fingerprint density at radius 2 is 2.09 bits per heavy atom. The molecule has 0 N–H and O–H groups in total. The minimum Gasteiger partial charge on any atom is -0.415 e. The molecule has 0 atom stereocenters. The summed E-state index contributed by atoms with van der Waals surface area (Å²) in [5.74, 6) is 0.356. The molecule has 0 fully saturated rings. The second-order valence-electron chi connectivity index (χ2n) is 4.01. The molecule has 0 aliphatic rings. The molecule has 8 heteroatoms. The zero-order valence-electron chi connectivity index (χ0n) is 11.0. The predicted octanol–water partition coefficient (Wildman–Crippen LogP) is 4.00. The van der Waals surface area contributed by atoms with E-state index in [4.69, 9.17) is 33.3 Å². The van der Waals surface area contributed by atoms with Crippen molar-refractivity contribution in [3.8, 4) is 22.1 Å². The fourth-order valence-electron chi connectivity index (χ4n) is 1.65. The van der Waals surface area contributed by atoms with Gasteiger partial charge in [0.05, 0.1) is 0 Å². The predicted molar refractivity (Wildman–Crippen MR) is 88.4 cm³/mol. The van der Waals surface area contributed by atoms with E-state index >= 15 is 0 Å². The lowest BCUT2D eigenvalue weighted by Gasteiger charge is -2.10. The third kappa shape index (κ3) is 3.56. The van der Waals surface area contributed by atoms with Crippen LogP contribution in [0.4, 0.5) is 0 Å². The molecule has 0 aliphatic heterocycles. The molecule has 110 valence electrons. The lowest BCUT2D eigenvalue weighted by molar-refractivity contribution is 0.409. The number of ether oxygens (including phenoxy) is 2.